The lowest BCUT2D eigenvalue weighted by atomic mass is 10.2. The Kier molecular flexibility index (Phi) is 4.62. The van der Waals surface area contributed by atoms with Gasteiger partial charge in [0.2, 0.25) is 5.91 Å². The molecule has 0 radical (unpaired) electrons. The van der Waals surface area contributed by atoms with Crippen LogP contribution < -0.4 is 5.32 Å². The monoisotopic (exact) mass is 322 g/mol. The third-order valence-corrected chi connectivity index (χ3v) is 3.79. The first-order valence-corrected chi connectivity index (χ1v) is 7.98. The highest BCUT2D eigenvalue weighted by Crippen LogP contribution is 2.17. The number of rotatable bonds is 5. The van der Waals surface area contributed by atoms with Crippen LogP contribution in [0.5, 0.6) is 0 Å². The van der Waals surface area contributed by atoms with Gasteiger partial charge in [-0.1, -0.05) is 24.3 Å². The summed E-state index contributed by atoms with van der Waals surface area (Å²) in [7, 11) is 3.99. The highest BCUT2D eigenvalue weighted by atomic mass is 16.1. The van der Waals surface area contributed by atoms with Gasteiger partial charge in [-0.25, -0.2) is 4.98 Å². The molecule has 24 heavy (non-hydrogen) atoms. The normalized spacial score (nSPS) is 11.2. The summed E-state index contributed by atoms with van der Waals surface area (Å²) in [5.74, 6) is 0.837. The third kappa shape index (κ3) is 3.63. The number of hydrogen-bond donors (Lipinski definition) is 1. The predicted molar refractivity (Wildman–Crippen MR) is 96.9 cm³/mol. The zero-order chi connectivity index (χ0) is 17.1. The number of aryl methyl sites for hydroxylation is 1. The predicted octanol–water partition coefficient (Wildman–Crippen LogP) is 3.05. The summed E-state index contributed by atoms with van der Waals surface area (Å²) >= 11 is 0. The summed E-state index contributed by atoms with van der Waals surface area (Å²) < 4.78 is 1.99. The first-order chi connectivity index (χ1) is 11.5. The maximum atomic E-state index is 12.5. The lowest BCUT2D eigenvalue weighted by Gasteiger charge is -2.13. The summed E-state index contributed by atoms with van der Waals surface area (Å²) in [6.45, 7) is 2.94. The average molecular weight is 322 g/mol. The Balaban J connectivity index is 1.86. The van der Waals surface area contributed by atoms with Gasteiger partial charge in [-0.05, 0) is 50.8 Å². The molecule has 0 aliphatic heterocycles. The van der Waals surface area contributed by atoms with Crippen molar-refractivity contribution >= 4 is 22.6 Å². The molecule has 124 valence electrons. The highest BCUT2D eigenvalue weighted by molar-refractivity contribution is 5.91. The minimum atomic E-state index is -0.0521. The number of nitrogens with one attached hydrogen (secondary N) is 1. The van der Waals surface area contributed by atoms with Gasteiger partial charge in [0.25, 0.3) is 0 Å². The van der Waals surface area contributed by atoms with Crippen LogP contribution in [0.15, 0.2) is 48.5 Å². The van der Waals surface area contributed by atoms with E-state index in [1.54, 1.807) is 0 Å². The van der Waals surface area contributed by atoms with Crippen LogP contribution in [-0.2, 0) is 17.9 Å². The Morgan fingerprint density at radius 3 is 2.71 bits per heavy atom. The molecule has 0 aliphatic rings. The zero-order valence-electron chi connectivity index (χ0n) is 14.3. The van der Waals surface area contributed by atoms with Gasteiger partial charge in [0.15, 0.2) is 0 Å². The van der Waals surface area contributed by atoms with E-state index < -0.39 is 0 Å². The second kappa shape index (κ2) is 6.84. The van der Waals surface area contributed by atoms with Crippen molar-refractivity contribution in [3.8, 4) is 0 Å². The highest BCUT2D eigenvalue weighted by Gasteiger charge is 2.14. The number of carbonyl (C=O) groups excluding carboxylic acids is 1. The summed E-state index contributed by atoms with van der Waals surface area (Å²) in [5.41, 5.74) is 3.83. The van der Waals surface area contributed by atoms with E-state index in [1.807, 2.05) is 74.1 Å². The summed E-state index contributed by atoms with van der Waals surface area (Å²) in [6.07, 6.45) is 0. The minimum absolute atomic E-state index is 0.0521. The molecular weight excluding hydrogens is 300 g/mol. The Labute approximate surface area is 141 Å². The van der Waals surface area contributed by atoms with Crippen molar-refractivity contribution in [2.24, 2.45) is 0 Å². The van der Waals surface area contributed by atoms with Crippen LogP contribution in [0, 0.1) is 6.92 Å². The molecular formula is C19H22N4O. The molecule has 0 saturated heterocycles. The number of fused-ring (bicyclic) bond motifs is 1. The molecule has 1 N–H and O–H groups in total. The molecule has 0 spiro atoms. The molecule has 1 amide bonds. The topological polar surface area (TPSA) is 50.2 Å². The summed E-state index contributed by atoms with van der Waals surface area (Å²) in [6, 6.07) is 15.7. The molecule has 0 unspecified atom stereocenters. The van der Waals surface area contributed by atoms with E-state index >= 15 is 0 Å². The SMILES string of the molecule is Cc1cccc(NC(=O)Cn2c(CN(C)C)nc3ccccc32)c1. The number of hydrogen-bond acceptors (Lipinski definition) is 3. The van der Waals surface area contributed by atoms with E-state index in [-0.39, 0.29) is 12.5 Å². The molecule has 2 aromatic carbocycles. The summed E-state index contributed by atoms with van der Waals surface area (Å²) in [4.78, 5) is 19.2. The number of para-hydroxylation sites is 2. The largest absolute Gasteiger partial charge is 0.325 e. The smallest absolute Gasteiger partial charge is 0.244 e. The maximum absolute atomic E-state index is 12.5. The zero-order valence-corrected chi connectivity index (χ0v) is 14.3. The van der Waals surface area contributed by atoms with Crippen molar-refractivity contribution in [1.29, 1.82) is 0 Å². The van der Waals surface area contributed by atoms with Crippen molar-refractivity contribution in [3.05, 3.63) is 59.9 Å². The quantitative estimate of drug-likeness (QED) is 0.785. The number of imidazole rings is 1. The Hall–Kier alpha value is -2.66. The van der Waals surface area contributed by atoms with E-state index in [2.05, 4.69) is 15.2 Å². The molecule has 0 saturated carbocycles. The number of benzene rings is 2. The molecule has 5 heteroatoms. The van der Waals surface area contributed by atoms with Gasteiger partial charge in [-0.3, -0.25) is 4.79 Å². The van der Waals surface area contributed by atoms with E-state index in [4.69, 9.17) is 0 Å². The molecule has 3 rings (SSSR count). The number of aromatic nitrogens is 2. The Morgan fingerprint density at radius 1 is 1.17 bits per heavy atom. The molecule has 1 heterocycles. The van der Waals surface area contributed by atoms with Gasteiger partial charge in [-0.2, -0.15) is 0 Å². The molecule has 0 aliphatic carbocycles. The van der Waals surface area contributed by atoms with E-state index in [0.29, 0.717) is 6.54 Å². The van der Waals surface area contributed by atoms with Gasteiger partial charge in [-0.15, -0.1) is 0 Å². The van der Waals surface area contributed by atoms with Crippen LogP contribution in [0.3, 0.4) is 0 Å². The number of carbonyl (C=O) groups is 1. The fraction of sp³-hybridized carbons (Fsp3) is 0.263. The van der Waals surface area contributed by atoms with Crippen molar-refractivity contribution in [1.82, 2.24) is 14.5 Å². The van der Waals surface area contributed by atoms with Crippen molar-refractivity contribution in [3.63, 3.8) is 0 Å². The molecule has 5 nitrogen and oxygen atoms in total. The standard InChI is InChI=1S/C19H22N4O/c1-14-7-6-8-15(11-14)20-19(24)13-23-17-10-5-4-9-16(17)21-18(23)12-22(2)3/h4-11H,12-13H2,1-3H3,(H,20,24). The van der Waals surface area contributed by atoms with Gasteiger partial charge in [0, 0.05) is 5.69 Å². The summed E-state index contributed by atoms with van der Waals surface area (Å²) in [5, 5.41) is 2.97. The number of nitrogens with zero attached hydrogens (tertiary/aromatic N) is 3. The molecule has 1 aromatic heterocycles. The maximum Gasteiger partial charge on any atom is 0.244 e. The molecule has 0 atom stereocenters. The Bertz CT molecular complexity index is 867. The van der Waals surface area contributed by atoms with Crippen LogP contribution in [-0.4, -0.2) is 34.5 Å². The van der Waals surface area contributed by atoms with Gasteiger partial charge in [0.1, 0.15) is 12.4 Å². The fourth-order valence-electron chi connectivity index (χ4n) is 2.77. The molecule has 3 aromatic rings. The van der Waals surface area contributed by atoms with Crippen molar-refractivity contribution in [2.45, 2.75) is 20.0 Å². The second-order valence-corrected chi connectivity index (χ2v) is 6.26. The Morgan fingerprint density at radius 2 is 1.96 bits per heavy atom. The van der Waals surface area contributed by atoms with E-state index in [0.717, 1.165) is 28.1 Å². The lowest BCUT2D eigenvalue weighted by molar-refractivity contribution is -0.116. The lowest BCUT2D eigenvalue weighted by Crippen LogP contribution is -2.22. The van der Waals surface area contributed by atoms with Crippen molar-refractivity contribution < 1.29 is 4.79 Å². The van der Waals surface area contributed by atoms with Crippen LogP contribution in [0.25, 0.3) is 11.0 Å². The first-order valence-electron chi connectivity index (χ1n) is 7.98. The fourth-order valence-corrected chi connectivity index (χ4v) is 2.77. The van der Waals surface area contributed by atoms with E-state index in [9.17, 15) is 4.79 Å². The van der Waals surface area contributed by atoms with Gasteiger partial charge >= 0.3 is 0 Å². The van der Waals surface area contributed by atoms with E-state index in [1.165, 1.54) is 0 Å². The van der Waals surface area contributed by atoms with Gasteiger partial charge < -0.3 is 14.8 Å². The molecule has 0 fully saturated rings. The minimum Gasteiger partial charge on any atom is -0.325 e. The van der Waals surface area contributed by atoms with Crippen LogP contribution in [0.2, 0.25) is 0 Å². The molecule has 0 bridgehead atoms. The average Bonchev–Trinajstić information content (AvgIpc) is 2.84. The van der Waals surface area contributed by atoms with Crippen LogP contribution >= 0.6 is 0 Å². The van der Waals surface area contributed by atoms with Crippen LogP contribution in [0.1, 0.15) is 11.4 Å². The van der Waals surface area contributed by atoms with Gasteiger partial charge in [0.05, 0.1) is 17.6 Å². The number of anilines is 1. The van der Waals surface area contributed by atoms with Crippen molar-refractivity contribution in [2.75, 3.05) is 19.4 Å². The second-order valence-electron chi connectivity index (χ2n) is 6.26. The third-order valence-electron chi connectivity index (χ3n) is 3.79. The van der Waals surface area contributed by atoms with Crippen LogP contribution in [0.4, 0.5) is 5.69 Å². The number of amides is 1. The first kappa shape index (κ1) is 16.2.